The van der Waals surface area contributed by atoms with E-state index in [9.17, 15) is 9.59 Å². The highest BCUT2D eigenvalue weighted by Gasteiger charge is 2.25. The van der Waals surface area contributed by atoms with Gasteiger partial charge in [-0.3, -0.25) is 9.59 Å². The van der Waals surface area contributed by atoms with E-state index < -0.39 is 0 Å². The molecule has 2 aliphatic rings. The van der Waals surface area contributed by atoms with Gasteiger partial charge in [0.15, 0.2) is 0 Å². The Balaban J connectivity index is 1.46. The van der Waals surface area contributed by atoms with Crippen LogP contribution in [0.3, 0.4) is 0 Å². The van der Waals surface area contributed by atoms with Gasteiger partial charge in [-0.25, -0.2) is 4.98 Å². The summed E-state index contributed by atoms with van der Waals surface area (Å²) in [6.07, 6.45) is 10.7. The smallest absolute Gasteiger partial charge is 0.253 e. The normalized spacial score (nSPS) is 19.1. The summed E-state index contributed by atoms with van der Waals surface area (Å²) in [5.74, 6) is 1.72. The van der Waals surface area contributed by atoms with Gasteiger partial charge in [0.2, 0.25) is 5.91 Å². The van der Waals surface area contributed by atoms with Crippen molar-refractivity contribution in [3.05, 3.63) is 23.9 Å². The van der Waals surface area contributed by atoms with Crippen LogP contribution in [0.1, 0.15) is 75.6 Å². The van der Waals surface area contributed by atoms with Crippen LogP contribution < -0.4 is 10.2 Å². The SMILES string of the molecule is CCCC(C)NC(=O)c1ccc(N2CCN(C(=O)CC3CCCCC3)CC2)nc1. The maximum Gasteiger partial charge on any atom is 0.253 e. The highest BCUT2D eigenvalue weighted by Crippen LogP contribution is 2.27. The molecular weight excluding hydrogens is 364 g/mol. The van der Waals surface area contributed by atoms with Crippen molar-refractivity contribution in [2.24, 2.45) is 5.92 Å². The van der Waals surface area contributed by atoms with Crippen molar-refractivity contribution in [3.63, 3.8) is 0 Å². The molecule has 1 aromatic heterocycles. The van der Waals surface area contributed by atoms with Crippen LogP contribution in [0.15, 0.2) is 18.3 Å². The van der Waals surface area contributed by atoms with Gasteiger partial charge in [-0.1, -0.05) is 32.6 Å². The van der Waals surface area contributed by atoms with E-state index in [0.717, 1.165) is 51.3 Å². The Bertz CT molecular complexity index is 662. The van der Waals surface area contributed by atoms with Crippen molar-refractivity contribution in [2.75, 3.05) is 31.1 Å². The second kappa shape index (κ2) is 10.6. The molecule has 2 heterocycles. The summed E-state index contributed by atoms with van der Waals surface area (Å²) in [6.45, 7) is 7.24. The molecular formula is C23H36N4O2. The molecule has 1 aliphatic carbocycles. The molecule has 1 aromatic rings. The fraction of sp³-hybridized carbons (Fsp3) is 0.696. The number of hydrogen-bond acceptors (Lipinski definition) is 4. The van der Waals surface area contributed by atoms with E-state index in [2.05, 4.69) is 22.1 Å². The van der Waals surface area contributed by atoms with E-state index in [-0.39, 0.29) is 11.9 Å². The third-order valence-electron chi connectivity index (χ3n) is 6.25. The molecule has 0 aromatic carbocycles. The van der Waals surface area contributed by atoms with Crippen molar-refractivity contribution in [1.29, 1.82) is 0 Å². The minimum atomic E-state index is -0.0665. The highest BCUT2D eigenvalue weighted by atomic mass is 16.2. The maximum atomic E-state index is 12.6. The topological polar surface area (TPSA) is 65.5 Å². The molecule has 1 saturated heterocycles. The third kappa shape index (κ3) is 6.18. The first-order valence-corrected chi connectivity index (χ1v) is 11.4. The number of piperazine rings is 1. The molecule has 3 rings (SSSR count). The molecule has 1 atom stereocenters. The van der Waals surface area contributed by atoms with Crippen LogP contribution in [-0.2, 0) is 4.79 Å². The van der Waals surface area contributed by atoms with Gasteiger partial charge in [-0.05, 0) is 44.2 Å². The van der Waals surface area contributed by atoms with Crippen LogP contribution in [0.25, 0.3) is 0 Å². The number of carbonyl (C=O) groups is 2. The zero-order chi connectivity index (χ0) is 20.6. The Hall–Kier alpha value is -2.11. The predicted octanol–water partition coefficient (Wildman–Crippen LogP) is 3.62. The largest absolute Gasteiger partial charge is 0.353 e. The first kappa shape index (κ1) is 21.6. The Morgan fingerprint density at radius 1 is 1.14 bits per heavy atom. The van der Waals surface area contributed by atoms with Gasteiger partial charge in [0.1, 0.15) is 5.82 Å². The van der Waals surface area contributed by atoms with Gasteiger partial charge >= 0.3 is 0 Å². The summed E-state index contributed by atoms with van der Waals surface area (Å²) < 4.78 is 0. The lowest BCUT2D eigenvalue weighted by molar-refractivity contribution is -0.132. The summed E-state index contributed by atoms with van der Waals surface area (Å²) in [5, 5.41) is 3.01. The van der Waals surface area contributed by atoms with Crippen molar-refractivity contribution in [3.8, 4) is 0 Å². The Labute approximate surface area is 175 Å². The lowest BCUT2D eigenvalue weighted by atomic mass is 9.86. The maximum absolute atomic E-state index is 12.6. The van der Waals surface area contributed by atoms with Crippen LogP contribution in [0, 0.1) is 5.92 Å². The van der Waals surface area contributed by atoms with E-state index in [1.807, 2.05) is 24.0 Å². The molecule has 2 fully saturated rings. The number of aromatic nitrogens is 1. The molecule has 29 heavy (non-hydrogen) atoms. The standard InChI is InChI=1S/C23H36N4O2/c1-3-7-18(2)25-23(29)20-10-11-21(24-17-20)26-12-14-27(15-13-26)22(28)16-19-8-5-4-6-9-19/h10-11,17-19H,3-9,12-16H2,1-2H3,(H,25,29). The van der Waals surface area contributed by atoms with Gasteiger partial charge in [0, 0.05) is 44.8 Å². The molecule has 0 spiro atoms. The average molecular weight is 401 g/mol. The third-order valence-corrected chi connectivity index (χ3v) is 6.25. The monoisotopic (exact) mass is 400 g/mol. The average Bonchev–Trinajstić information content (AvgIpc) is 2.75. The minimum Gasteiger partial charge on any atom is -0.353 e. The van der Waals surface area contributed by atoms with Gasteiger partial charge < -0.3 is 15.1 Å². The quantitative estimate of drug-likeness (QED) is 0.759. The van der Waals surface area contributed by atoms with Gasteiger partial charge in [0.25, 0.3) is 5.91 Å². The molecule has 2 amide bonds. The fourth-order valence-electron chi connectivity index (χ4n) is 4.47. The van der Waals surface area contributed by atoms with Crippen LogP contribution in [0.5, 0.6) is 0 Å². The Morgan fingerprint density at radius 3 is 2.48 bits per heavy atom. The van der Waals surface area contributed by atoms with Crippen molar-refractivity contribution >= 4 is 17.6 Å². The van der Waals surface area contributed by atoms with Crippen LogP contribution in [-0.4, -0.2) is 53.9 Å². The first-order chi connectivity index (χ1) is 14.1. The van der Waals surface area contributed by atoms with Crippen LogP contribution in [0.2, 0.25) is 0 Å². The van der Waals surface area contributed by atoms with Gasteiger partial charge in [0.05, 0.1) is 5.56 Å². The van der Waals surface area contributed by atoms with E-state index >= 15 is 0 Å². The van der Waals surface area contributed by atoms with Crippen molar-refractivity contribution in [2.45, 2.75) is 71.3 Å². The van der Waals surface area contributed by atoms with E-state index in [4.69, 9.17) is 0 Å². The highest BCUT2D eigenvalue weighted by molar-refractivity contribution is 5.94. The minimum absolute atomic E-state index is 0.0665. The van der Waals surface area contributed by atoms with Crippen LogP contribution in [0.4, 0.5) is 5.82 Å². The van der Waals surface area contributed by atoms with Crippen molar-refractivity contribution < 1.29 is 9.59 Å². The summed E-state index contributed by atoms with van der Waals surface area (Å²) >= 11 is 0. The summed E-state index contributed by atoms with van der Waals surface area (Å²) in [7, 11) is 0. The zero-order valence-corrected chi connectivity index (χ0v) is 18.0. The number of amides is 2. The van der Waals surface area contributed by atoms with E-state index in [1.54, 1.807) is 6.20 Å². The molecule has 1 N–H and O–H groups in total. The molecule has 0 bridgehead atoms. The lowest BCUT2D eigenvalue weighted by Gasteiger charge is -2.36. The van der Waals surface area contributed by atoms with E-state index in [1.165, 1.54) is 32.1 Å². The number of nitrogens with one attached hydrogen (secondary N) is 1. The van der Waals surface area contributed by atoms with Gasteiger partial charge in [-0.15, -0.1) is 0 Å². The molecule has 160 valence electrons. The molecule has 6 nitrogen and oxygen atoms in total. The molecule has 1 saturated carbocycles. The summed E-state index contributed by atoms with van der Waals surface area (Å²) in [6, 6.07) is 3.93. The second-order valence-electron chi connectivity index (χ2n) is 8.64. The first-order valence-electron chi connectivity index (χ1n) is 11.4. The molecule has 6 heteroatoms. The summed E-state index contributed by atoms with van der Waals surface area (Å²) in [4.78, 5) is 33.6. The van der Waals surface area contributed by atoms with Crippen molar-refractivity contribution in [1.82, 2.24) is 15.2 Å². The predicted molar refractivity (Wildman–Crippen MR) is 116 cm³/mol. The lowest BCUT2D eigenvalue weighted by Crippen LogP contribution is -2.49. The number of nitrogens with zero attached hydrogens (tertiary/aromatic N) is 3. The molecule has 1 aliphatic heterocycles. The Morgan fingerprint density at radius 2 is 1.86 bits per heavy atom. The second-order valence-corrected chi connectivity index (χ2v) is 8.64. The van der Waals surface area contributed by atoms with E-state index in [0.29, 0.717) is 17.4 Å². The number of pyridine rings is 1. The number of hydrogen-bond donors (Lipinski definition) is 1. The summed E-state index contributed by atoms with van der Waals surface area (Å²) in [5.41, 5.74) is 0.595. The number of anilines is 1. The number of rotatable bonds is 7. The zero-order valence-electron chi connectivity index (χ0n) is 18.0. The molecule has 0 radical (unpaired) electrons. The Kier molecular flexibility index (Phi) is 7.90. The van der Waals surface area contributed by atoms with Gasteiger partial charge in [-0.2, -0.15) is 0 Å². The number of carbonyl (C=O) groups excluding carboxylic acids is 2. The fourth-order valence-corrected chi connectivity index (χ4v) is 4.47. The van der Waals surface area contributed by atoms with Crippen LogP contribution >= 0.6 is 0 Å². The molecule has 1 unspecified atom stereocenters.